The first-order valence-corrected chi connectivity index (χ1v) is 10.3. The molecule has 0 aliphatic heterocycles. The fourth-order valence-electron chi connectivity index (χ4n) is 3.21. The van der Waals surface area contributed by atoms with E-state index in [1.165, 1.54) is 11.8 Å². The number of H-pyrrole nitrogens is 1. The zero-order chi connectivity index (χ0) is 20.7. The van der Waals surface area contributed by atoms with E-state index in [1.807, 2.05) is 60.0 Å². The van der Waals surface area contributed by atoms with E-state index in [-0.39, 0.29) is 12.0 Å². The van der Waals surface area contributed by atoms with Crippen molar-refractivity contribution in [2.24, 2.45) is 5.92 Å². The van der Waals surface area contributed by atoms with Gasteiger partial charge < -0.3 is 15.7 Å². The number of hydrogen-bond acceptors (Lipinski definition) is 7. The molecule has 4 aromatic rings. The lowest BCUT2D eigenvalue weighted by Crippen LogP contribution is -2.09. The smallest absolute Gasteiger partial charge is 0.308 e. The SMILES string of the molecule is Cc1cc(Nc2nc(Sc3ccc(NC4CC4C(=O)O)cc3)nc3cccn23)n[nH]1. The molecule has 5 rings (SSSR count). The van der Waals surface area contributed by atoms with Gasteiger partial charge in [0.05, 0.1) is 5.92 Å². The van der Waals surface area contributed by atoms with Crippen LogP contribution in [0.5, 0.6) is 0 Å². The number of hydrogen-bond donors (Lipinski definition) is 4. The first kappa shape index (κ1) is 18.5. The Labute approximate surface area is 175 Å². The Morgan fingerprint density at radius 3 is 2.80 bits per heavy atom. The van der Waals surface area contributed by atoms with Gasteiger partial charge in [-0.05, 0) is 61.5 Å². The summed E-state index contributed by atoms with van der Waals surface area (Å²) in [5.74, 6) is 0.288. The summed E-state index contributed by atoms with van der Waals surface area (Å²) in [4.78, 5) is 21.2. The summed E-state index contributed by atoms with van der Waals surface area (Å²) in [6, 6.07) is 13.6. The third-order valence-corrected chi connectivity index (χ3v) is 5.71. The van der Waals surface area contributed by atoms with Crippen molar-refractivity contribution in [3.05, 3.63) is 54.4 Å². The zero-order valence-corrected chi connectivity index (χ0v) is 16.8. The van der Waals surface area contributed by atoms with Crippen molar-refractivity contribution in [1.29, 1.82) is 0 Å². The number of anilines is 3. The Bertz CT molecular complexity index is 1220. The molecule has 3 aromatic heterocycles. The lowest BCUT2D eigenvalue weighted by molar-refractivity contribution is -0.138. The molecule has 1 saturated carbocycles. The number of benzene rings is 1. The van der Waals surface area contributed by atoms with Crippen molar-refractivity contribution in [2.45, 2.75) is 29.4 Å². The highest BCUT2D eigenvalue weighted by molar-refractivity contribution is 7.99. The molecule has 1 aliphatic rings. The van der Waals surface area contributed by atoms with Gasteiger partial charge in [0, 0.05) is 34.6 Å². The first-order valence-electron chi connectivity index (χ1n) is 9.46. The second kappa shape index (κ2) is 7.38. The minimum absolute atomic E-state index is 0.0143. The summed E-state index contributed by atoms with van der Waals surface area (Å²) < 4.78 is 1.87. The normalized spacial score (nSPS) is 17.8. The quantitative estimate of drug-likeness (QED) is 0.358. The zero-order valence-electron chi connectivity index (χ0n) is 16.0. The molecule has 1 aromatic carbocycles. The highest BCUT2D eigenvalue weighted by Gasteiger charge is 2.43. The van der Waals surface area contributed by atoms with Crippen LogP contribution in [0.15, 0.2) is 58.7 Å². The van der Waals surface area contributed by atoms with Gasteiger partial charge in [-0.15, -0.1) is 0 Å². The molecular formula is C20H19N7O2S. The Morgan fingerprint density at radius 2 is 2.10 bits per heavy atom. The molecular weight excluding hydrogens is 402 g/mol. The van der Waals surface area contributed by atoms with Crippen molar-refractivity contribution < 1.29 is 9.90 Å². The summed E-state index contributed by atoms with van der Waals surface area (Å²) >= 11 is 1.46. The second-order valence-electron chi connectivity index (χ2n) is 7.19. The molecule has 0 amide bonds. The van der Waals surface area contributed by atoms with Crippen molar-refractivity contribution in [3.63, 3.8) is 0 Å². The van der Waals surface area contributed by atoms with E-state index in [4.69, 9.17) is 5.11 Å². The average Bonchev–Trinajstić information content (AvgIpc) is 3.11. The van der Waals surface area contributed by atoms with Gasteiger partial charge in [-0.25, -0.2) is 4.98 Å². The lowest BCUT2D eigenvalue weighted by Gasteiger charge is -2.09. The van der Waals surface area contributed by atoms with Crippen LogP contribution in [0, 0.1) is 12.8 Å². The van der Waals surface area contributed by atoms with Crippen molar-refractivity contribution >= 4 is 40.8 Å². The lowest BCUT2D eigenvalue weighted by atomic mass is 10.3. The van der Waals surface area contributed by atoms with Crippen molar-refractivity contribution in [2.75, 3.05) is 10.6 Å². The van der Waals surface area contributed by atoms with E-state index in [0.717, 1.165) is 21.9 Å². The molecule has 2 atom stereocenters. The number of carboxylic acid groups (broad SMARTS) is 1. The Morgan fingerprint density at radius 1 is 1.27 bits per heavy atom. The average molecular weight is 421 g/mol. The molecule has 30 heavy (non-hydrogen) atoms. The molecule has 0 bridgehead atoms. The fourth-order valence-corrected chi connectivity index (χ4v) is 3.96. The number of aryl methyl sites for hydroxylation is 1. The van der Waals surface area contributed by atoms with Crippen LogP contribution in [0.2, 0.25) is 0 Å². The highest BCUT2D eigenvalue weighted by atomic mass is 32.2. The van der Waals surface area contributed by atoms with Crippen LogP contribution < -0.4 is 10.6 Å². The van der Waals surface area contributed by atoms with Crippen LogP contribution in [0.3, 0.4) is 0 Å². The molecule has 0 radical (unpaired) electrons. The van der Waals surface area contributed by atoms with E-state index in [9.17, 15) is 4.79 Å². The number of nitrogens with zero attached hydrogens (tertiary/aromatic N) is 4. The van der Waals surface area contributed by atoms with Crippen LogP contribution in [0.4, 0.5) is 17.5 Å². The number of fused-ring (bicyclic) bond motifs is 1. The van der Waals surface area contributed by atoms with Gasteiger partial charge in [-0.3, -0.25) is 14.3 Å². The summed E-state index contributed by atoms with van der Waals surface area (Å²) in [7, 11) is 0. The molecule has 10 heteroatoms. The number of carboxylic acids is 1. The topological polar surface area (TPSA) is 120 Å². The van der Waals surface area contributed by atoms with Crippen LogP contribution in [-0.4, -0.2) is 41.7 Å². The predicted molar refractivity (Wildman–Crippen MR) is 113 cm³/mol. The van der Waals surface area contributed by atoms with Crippen LogP contribution in [0.1, 0.15) is 12.1 Å². The van der Waals surface area contributed by atoms with E-state index in [0.29, 0.717) is 23.3 Å². The van der Waals surface area contributed by atoms with Crippen LogP contribution >= 0.6 is 11.8 Å². The largest absolute Gasteiger partial charge is 0.481 e. The predicted octanol–water partition coefficient (Wildman–Crippen LogP) is 3.54. The van der Waals surface area contributed by atoms with E-state index < -0.39 is 5.97 Å². The van der Waals surface area contributed by atoms with E-state index in [2.05, 4.69) is 30.8 Å². The monoisotopic (exact) mass is 421 g/mol. The highest BCUT2D eigenvalue weighted by Crippen LogP contribution is 2.34. The minimum Gasteiger partial charge on any atom is -0.481 e. The van der Waals surface area contributed by atoms with E-state index in [1.54, 1.807) is 0 Å². The number of aromatic amines is 1. The molecule has 4 N–H and O–H groups in total. The van der Waals surface area contributed by atoms with Gasteiger partial charge >= 0.3 is 5.97 Å². The maximum Gasteiger partial charge on any atom is 0.308 e. The molecule has 2 unspecified atom stereocenters. The van der Waals surface area contributed by atoms with Gasteiger partial charge in [0.1, 0.15) is 5.65 Å². The third-order valence-electron chi connectivity index (χ3n) is 4.84. The number of rotatable bonds is 7. The third kappa shape index (κ3) is 3.81. The number of aromatic nitrogens is 5. The first-order chi connectivity index (χ1) is 14.5. The molecule has 0 spiro atoms. The van der Waals surface area contributed by atoms with Crippen LogP contribution in [-0.2, 0) is 4.79 Å². The molecule has 9 nitrogen and oxygen atoms in total. The van der Waals surface area contributed by atoms with Crippen LogP contribution in [0.25, 0.3) is 5.65 Å². The summed E-state index contributed by atoms with van der Waals surface area (Å²) in [6.07, 6.45) is 2.57. The molecule has 1 aliphatic carbocycles. The Hall–Kier alpha value is -3.53. The Balaban J connectivity index is 1.33. The summed E-state index contributed by atoms with van der Waals surface area (Å²) in [5.41, 5.74) is 2.65. The maximum atomic E-state index is 11.0. The van der Waals surface area contributed by atoms with E-state index >= 15 is 0 Å². The number of nitrogens with one attached hydrogen (secondary N) is 3. The fraction of sp³-hybridized carbons (Fsp3) is 0.200. The minimum atomic E-state index is -0.744. The number of carbonyl (C=O) groups is 1. The Kier molecular flexibility index (Phi) is 4.55. The summed E-state index contributed by atoms with van der Waals surface area (Å²) in [6.45, 7) is 1.94. The molecule has 152 valence electrons. The van der Waals surface area contributed by atoms with Gasteiger partial charge in [0.25, 0.3) is 0 Å². The second-order valence-corrected chi connectivity index (χ2v) is 8.23. The van der Waals surface area contributed by atoms with Gasteiger partial charge in [0.15, 0.2) is 11.0 Å². The van der Waals surface area contributed by atoms with Gasteiger partial charge in [-0.1, -0.05) is 0 Å². The van der Waals surface area contributed by atoms with Crippen molar-refractivity contribution in [3.8, 4) is 0 Å². The molecule has 0 saturated heterocycles. The number of aliphatic carboxylic acids is 1. The van der Waals surface area contributed by atoms with Crippen molar-refractivity contribution in [1.82, 2.24) is 24.6 Å². The van der Waals surface area contributed by atoms with Gasteiger partial charge in [-0.2, -0.15) is 10.1 Å². The standard InChI is InChI=1S/C20H19N7O2S/c1-11-9-16(26-25-11)22-19-24-20(23-17-3-2-8-27(17)19)30-13-6-4-12(5-7-13)21-15-10-14(15)18(28)29/h2-9,14-15,21H,10H2,1H3,(H,28,29)(H2,22,23,24,25,26). The molecule has 3 heterocycles. The summed E-state index contributed by atoms with van der Waals surface area (Å²) in [5, 5.41) is 23.2. The molecule has 1 fully saturated rings. The maximum absolute atomic E-state index is 11.0. The van der Waals surface area contributed by atoms with Gasteiger partial charge in [0.2, 0.25) is 5.95 Å².